The van der Waals surface area contributed by atoms with Crippen LogP contribution in [0.25, 0.3) is 11.1 Å². The molecule has 1 aromatic carbocycles. The van der Waals surface area contributed by atoms with Gasteiger partial charge in [0.15, 0.2) is 29.6 Å². The van der Waals surface area contributed by atoms with Gasteiger partial charge in [-0.15, -0.1) is 0 Å². The largest absolute Gasteiger partial charge is 0.465 e. The van der Waals surface area contributed by atoms with Crippen molar-refractivity contribution in [1.82, 2.24) is 19.9 Å². The molecule has 1 spiro atoms. The van der Waals surface area contributed by atoms with Gasteiger partial charge < -0.3 is 34.9 Å². The Morgan fingerprint density at radius 3 is 2.88 bits per heavy atom. The highest BCUT2D eigenvalue weighted by Crippen LogP contribution is 2.38. The second-order valence-corrected chi connectivity index (χ2v) is 10.9. The average Bonchev–Trinajstić information content (AvgIpc) is 3.65. The van der Waals surface area contributed by atoms with Crippen LogP contribution < -0.4 is 20.7 Å². The summed E-state index contributed by atoms with van der Waals surface area (Å²) in [4.78, 5) is 41.0. The molecule has 7 rings (SSSR count). The quantitative estimate of drug-likeness (QED) is 0.416. The predicted octanol–water partition coefficient (Wildman–Crippen LogP) is 1.29. The normalized spacial score (nSPS) is 22.7. The highest BCUT2D eigenvalue weighted by atomic mass is 19.1. The van der Waals surface area contributed by atoms with E-state index in [1.165, 1.54) is 11.1 Å². The van der Waals surface area contributed by atoms with E-state index in [2.05, 4.69) is 25.2 Å². The summed E-state index contributed by atoms with van der Waals surface area (Å²) >= 11 is 0. The molecule has 4 aliphatic rings. The fourth-order valence-corrected chi connectivity index (χ4v) is 6.13. The van der Waals surface area contributed by atoms with Crippen molar-refractivity contribution < 1.29 is 33.0 Å². The molecular formula is C26H28FN7O6. The minimum absolute atomic E-state index is 0.0874. The third-order valence-corrected chi connectivity index (χ3v) is 8.20. The average molecular weight is 554 g/mol. The fraction of sp³-hybridized carbons (Fsp3) is 0.500. The van der Waals surface area contributed by atoms with Gasteiger partial charge in [-0.25, -0.2) is 24.1 Å². The Hall–Kier alpha value is -3.88. The number of carbonyl (C=O) groups is 2. The third kappa shape index (κ3) is 4.22. The number of benzene rings is 1. The van der Waals surface area contributed by atoms with Crippen LogP contribution in [0, 0.1) is 11.7 Å². The summed E-state index contributed by atoms with van der Waals surface area (Å²) in [6.07, 6.45) is 3.60. The minimum Gasteiger partial charge on any atom is -0.465 e. The number of nitrogens with two attached hydrogens (primary N) is 1. The number of hydrogen-bond donors (Lipinski definition) is 3. The van der Waals surface area contributed by atoms with Crippen molar-refractivity contribution in [3.8, 4) is 5.88 Å². The number of hydrogen-bond acceptors (Lipinski definition) is 11. The summed E-state index contributed by atoms with van der Waals surface area (Å²) in [5.41, 5.74) is 7.24. The molecule has 14 heteroatoms. The summed E-state index contributed by atoms with van der Waals surface area (Å²) in [7, 11) is 0. The first-order valence-corrected chi connectivity index (χ1v) is 13.3. The monoisotopic (exact) mass is 553 g/mol. The van der Waals surface area contributed by atoms with Gasteiger partial charge in [0.1, 0.15) is 17.2 Å². The standard InChI is InChI=1S/C26H28FN7O6/c27-20-15-6-13(5-14(15)7-17-21(20)39-23(30-17)16(28)10-35)9-33-3-1-26(2-4-33)12-34(25(37)40-26)18-8-29-24-22(31-18)32-19(36)11-38-24/h7-8,13,16,35H,1-6,9-12,28H2,(H,31,32,36)/t13?,16-/m0/s1. The Kier molecular flexibility index (Phi) is 5.87. The van der Waals surface area contributed by atoms with E-state index >= 15 is 4.39 Å². The first-order chi connectivity index (χ1) is 19.3. The molecular weight excluding hydrogens is 525 g/mol. The van der Waals surface area contributed by atoms with Gasteiger partial charge in [-0.3, -0.25) is 9.69 Å². The fourth-order valence-electron chi connectivity index (χ4n) is 6.13. The van der Waals surface area contributed by atoms with Gasteiger partial charge in [-0.1, -0.05) is 0 Å². The van der Waals surface area contributed by atoms with E-state index in [0.29, 0.717) is 42.7 Å². The summed E-state index contributed by atoms with van der Waals surface area (Å²) in [6, 6.07) is 1.08. The number of anilines is 2. The van der Waals surface area contributed by atoms with E-state index < -0.39 is 23.6 Å². The topological polar surface area (TPSA) is 169 Å². The van der Waals surface area contributed by atoms with E-state index in [9.17, 15) is 14.7 Å². The molecule has 5 heterocycles. The lowest BCUT2D eigenvalue weighted by molar-refractivity contribution is -0.118. The first-order valence-electron chi connectivity index (χ1n) is 13.3. The Morgan fingerprint density at radius 2 is 2.08 bits per heavy atom. The summed E-state index contributed by atoms with van der Waals surface area (Å²) < 4.78 is 31.9. The maximum Gasteiger partial charge on any atom is 0.416 e. The van der Waals surface area contributed by atoms with Gasteiger partial charge in [0.05, 0.1) is 19.3 Å². The summed E-state index contributed by atoms with van der Waals surface area (Å²) in [5, 5.41) is 11.9. The summed E-state index contributed by atoms with van der Waals surface area (Å²) in [5.74, 6) is 0.343. The molecule has 4 N–H and O–H groups in total. The number of rotatable bonds is 5. The first kappa shape index (κ1) is 25.1. The van der Waals surface area contributed by atoms with Crippen LogP contribution in [0.15, 0.2) is 16.7 Å². The van der Waals surface area contributed by atoms with Crippen LogP contribution in [0.2, 0.25) is 0 Å². The number of likely N-dealkylation sites (tertiary alicyclic amines) is 1. The molecule has 3 aromatic rings. The van der Waals surface area contributed by atoms with Crippen molar-refractivity contribution in [1.29, 1.82) is 0 Å². The van der Waals surface area contributed by atoms with Crippen molar-refractivity contribution in [2.75, 3.05) is 49.6 Å². The van der Waals surface area contributed by atoms with Crippen LogP contribution in [-0.4, -0.2) is 82.0 Å². The Bertz CT molecular complexity index is 1520. The molecule has 2 saturated heterocycles. The van der Waals surface area contributed by atoms with E-state index in [1.807, 2.05) is 6.07 Å². The molecule has 0 saturated carbocycles. The van der Waals surface area contributed by atoms with Gasteiger partial charge >= 0.3 is 6.09 Å². The lowest BCUT2D eigenvalue weighted by Gasteiger charge is -2.38. The SMILES string of the molecule is N[C@@H](CO)c1nc2cc3c(c(F)c2o1)CC(CN1CCC2(CC1)CN(c1cnc4c(n1)NC(=O)CO4)C(=O)O2)C3. The lowest BCUT2D eigenvalue weighted by atomic mass is 9.90. The number of fused-ring (bicyclic) bond motifs is 3. The number of halogens is 1. The zero-order chi connectivity index (χ0) is 27.6. The van der Waals surface area contributed by atoms with Crippen LogP contribution in [0.1, 0.15) is 35.9 Å². The number of oxazole rings is 1. The van der Waals surface area contributed by atoms with Crippen molar-refractivity contribution in [2.24, 2.45) is 11.7 Å². The molecule has 3 aliphatic heterocycles. The number of aliphatic hydroxyl groups excluding tert-OH is 1. The molecule has 2 amide bonds. The maximum atomic E-state index is 15.3. The molecule has 13 nitrogen and oxygen atoms in total. The number of nitrogens with one attached hydrogen (secondary N) is 1. The molecule has 2 fully saturated rings. The molecule has 210 valence electrons. The van der Waals surface area contributed by atoms with Crippen LogP contribution in [0.5, 0.6) is 5.88 Å². The predicted molar refractivity (Wildman–Crippen MR) is 137 cm³/mol. The zero-order valence-electron chi connectivity index (χ0n) is 21.6. The number of amides is 2. The molecule has 40 heavy (non-hydrogen) atoms. The van der Waals surface area contributed by atoms with Crippen molar-refractivity contribution >= 4 is 34.7 Å². The van der Waals surface area contributed by atoms with Crippen molar-refractivity contribution in [3.63, 3.8) is 0 Å². The van der Waals surface area contributed by atoms with Crippen molar-refractivity contribution in [2.45, 2.75) is 37.3 Å². The van der Waals surface area contributed by atoms with Crippen LogP contribution in [-0.2, 0) is 22.4 Å². The van der Waals surface area contributed by atoms with E-state index in [1.54, 1.807) is 0 Å². The molecule has 2 aromatic heterocycles. The van der Waals surface area contributed by atoms with Gasteiger partial charge in [0.2, 0.25) is 5.89 Å². The molecule has 1 aliphatic carbocycles. The van der Waals surface area contributed by atoms with Gasteiger partial charge in [-0.2, -0.15) is 0 Å². The number of carbonyl (C=O) groups excluding carboxylic acids is 2. The second-order valence-electron chi connectivity index (χ2n) is 10.9. The third-order valence-electron chi connectivity index (χ3n) is 8.20. The van der Waals surface area contributed by atoms with E-state index in [-0.39, 0.29) is 48.2 Å². The number of nitrogens with zero attached hydrogens (tertiary/aromatic N) is 5. The highest BCUT2D eigenvalue weighted by Gasteiger charge is 2.48. The maximum absolute atomic E-state index is 15.3. The molecule has 2 atom stereocenters. The van der Waals surface area contributed by atoms with Gasteiger partial charge in [-0.05, 0) is 36.0 Å². The second kappa shape index (κ2) is 9.35. The summed E-state index contributed by atoms with van der Waals surface area (Å²) in [6.45, 7) is 2.16. The van der Waals surface area contributed by atoms with Crippen LogP contribution in [0.4, 0.5) is 20.8 Å². The van der Waals surface area contributed by atoms with E-state index in [4.69, 9.17) is 19.6 Å². The Balaban J connectivity index is 0.982. The molecule has 1 unspecified atom stereocenters. The number of ether oxygens (including phenoxy) is 2. The zero-order valence-corrected chi connectivity index (χ0v) is 21.6. The lowest BCUT2D eigenvalue weighted by Crippen LogP contribution is -2.48. The van der Waals surface area contributed by atoms with Gasteiger partial charge in [0.25, 0.3) is 11.8 Å². The number of aliphatic hydroxyl groups is 1. The Labute approximate surface area is 227 Å². The van der Waals surface area contributed by atoms with Crippen LogP contribution in [0.3, 0.4) is 0 Å². The minimum atomic E-state index is -0.786. The highest BCUT2D eigenvalue weighted by molar-refractivity contribution is 5.94. The van der Waals surface area contributed by atoms with Gasteiger partial charge in [0, 0.05) is 32.5 Å². The smallest absolute Gasteiger partial charge is 0.416 e. The van der Waals surface area contributed by atoms with E-state index in [0.717, 1.165) is 31.6 Å². The Morgan fingerprint density at radius 1 is 1.25 bits per heavy atom. The van der Waals surface area contributed by atoms with Crippen LogP contribution >= 0.6 is 0 Å². The molecule has 0 bridgehead atoms. The number of piperidine rings is 1. The van der Waals surface area contributed by atoms with Crippen molar-refractivity contribution in [3.05, 3.63) is 35.1 Å². The molecule has 0 radical (unpaired) electrons. The number of aromatic nitrogens is 3.